The highest BCUT2D eigenvalue weighted by atomic mass is 32.2. The Bertz CT molecular complexity index is 1030. The van der Waals surface area contributed by atoms with Crippen LogP contribution in [0.25, 0.3) is 6.08 Å². The van der Waals surface area contributed by atoms with Crippen molar-refractivity contribution in [1.29, 1.82) is 0 Å². The fraction of sp³-hybridized carbons (Fsp3) is 0.304. The number of thioether (sulfide) groups is 1. The van der Waals surface area contributed by atoms with Gasteiger partial charge in [0.1, 0.15) is 18.1 Å². The van der Waals surface area contributed by atoms with E-state index in [0.29, 0.717) is 27.7 Å². The number of carbonyl (C=O) groups excluding carboxylic acids is 2. The highest BCUT2D eigenvalue weighted by Crippen LogP contribution is 2.38. The third-order valence-electron chi connectivity index (χ3n) is 4.81. The van der Waals surface area contributed by atoms with Gasteiger partial charge in [0, 0.05) is 11.6 Å². The van der Waals surface area contributed by atoms with Gasteiger partial charge in [0.25, 0.3) is 11.1 Å². The van der Waals surface area contributed by atoms with Crippen LogP contribution in [0.1, 0.15) is 16.7 Å². The van der Waals surface area contributed by atoms with Crippen molar-refractivity contribution < 1.29 is 28.5 Å². The molecule has 1 heterocycles. The van der Waals surface area contributed by atoms with Crippen LogP contribution in [-0.2, 0) is 4.79 Å². The number of benzene rings is 2. The Balaban J connectivity index is 1.75. The normalized spacial score (nSPS) is 14.9. The summed E-state index contributed by atoms with van der Waals surface area (Å²) in [5.41, 5.74) is 2.69. The third kappa shape index (κ3) is 4.96. The highest BCUT2D eigenvalue weighted by Gasteiger charge is 2.35. The van der Waals surface area contributed by atoms with Crippen LogP contribution in [0.15, 0.2) is 35.2 Å². The fourth-order valence-electron chi connectivity index (χ4n) is 3.11. The molecular weight excluding hydrogens is 418 g/mol. The zero-order chi connectivity index (χ0) is 22.5. The van der Waals surface area contributed by atoms with E-state index in [0.717, 1.165) is 28.6 Å². The lowest BCUT2D eigenvalue weighted by Crippen LogP contribution is -2.32. The summed E-state index contributed by atoms with van der Waals surface area (Å²) in [5, 5.41) is -0.333. The minimum Gasteiger partial charge on any atom is -0.496 e. The van der Waals surface area contributed by atoms with Crippen molar-refractivity contribution in [1.82, 2.24) is 4.90 Å². The van der Waals surface area contributed by atoms with Gasteiger partial charge in [-0.25, -0.2) is 0 Å². The number of hydrogen-bond acceptors (Lipinski definition) is 7. The number of nitrogens with zero attached hydrogens (tertiary/aromatic N) is 1. The van der Waals surface area contributed by atoms with E-state index in [1.165, 1.54) is 26.2 Å². The number of hydrogen-bond donors (Lipinski definition) is 0. The van der Waals surface area contributed by atoms with Crippen molar-refractivity contribution in [2.45, 2.75) is 13.8 Å². The lowest BCUT2D eigenvalue weighted by Gasteiger charge is -2.15. The summed E-state index contributed by atoms with van der Waals surface area (Å²) < 4.78 is 21.8. The van der Waals surface area contributed by atoms with Gasteiger partial charge < -0.3 is 18.9 Å². The van der Waals surface area contributed by atoms with Crippen LogP contribution in [-0.4, -0.2) is 50.5 Å². The van der Waals surface area contributed by atoms with E-state index >= 15 is 0 Å². The molecule has 0 spiro atoms. The van der Waals surface area contributed by atoms with Gasteiger partial charge in [-0.2, -0.15) is 0 Å². The summed E-state index contributed by atoms with van der Waals surface area (Å²) in [6, 6.07) is 9.30. The molecule has 0 saturated carbocycles. The van der Waals surface area contributed by atoms with Crippen LogP contribution in [0.3, 0.4) is 0 Å². The Morgan fingerprint density at radius 2 is 1.58 bits per heavy atom. The maximum atomic E-state index is 12.8. The second-order valence-electron chi connectivity index (χ2n) is 6.90. The second kappa shape index (κ2) is 9.78. The molecule has 3 rings (SSSR count). The van der Waals surface area contributed by atoms with Crippen LogP contribution in [0.4, 0.5) is 4.79 Å². The lowest BCUT2D eigenvalue weighted by molar-refractivity contribution is -0.123. The summed E-state index contributed by atoms with van der Waals surface area (Å²) in [6.07, 6.45) is 1.62. The molecule has 164 valence electrons. The Hall–Kier alpha value is -3.13. The summed E-state index contributed by atoms with van der Waals surface area (Å²) in [6.45, 7) is 4.32. The molecule has 0 bridgehead atoms. The third-order valence-corrected chi connectivity index (χ3v) is 5.72. The van der Waals surface area contributed by atoms with E-state index in [-0.39, 0.29) is 24.3 Å². The number of imide groups is 1. The molecule has 7 nitrogen and oxygen atoms in total. The van der Waals surface area contributed by atoms with Crippen molar-refractivity contribution in [3.63, 3.8) is 0 Å². The Kier molecular flexibility index (Phi) is 7.12. The molecule has 2 aromatic carbocycles. The van der Waals surface area contributed by atoms with Crippen molar-refractivity contribution >= 4 is 29.0 Å². The molecule has 1 aliphatic rings. The average Bonchev–Trinajstić information content (AvgIpc) is 3.03. The van der Waals surface area contributed by atoms with Crippen LogP contribution in [0.5, 0.6) is 23.0 Å². The summed E-state index contributed by atoms with van der Waals surface area (Å²) in [5.74, 6) is 1.89. The molecular formula is C23H25NO6S. The topological polar surface area (TPSA) is 74.3 Å². The zero-order valence-electron chi connectivity index (χ0n) is 18.2. The van der Waals surface area contributed by atoms with Crippen molar-refractivity contribution in [3.8, 4) is 23.0 Å². The molecule has 2 amide bonds. The van der Waals surface area contributed by atoms with Crippen molar-refractivity contribution in [3.05, 3.63) is 51.9 Å². The number of amides is 2. The molecule has 1 fully saturated rings. The molecule has 31 heavy (non-hydrogen) atoms. The SMILES string of the molecule is COc1cc(OC)c(OC)cc1/C=C1\SC(=O)N(CCOc2cc(C)ccc2C)C1=O. The predicted molar refractivity (Wildman–Crippen MR) is 120 cm³/mol. The first-order valence-electron chi connectivity index (χ1n) is 9.63. The largest absolute Gasteiger partial charge is 0.496 e. The van der Waals surface area contributed by atoms with E-state index in [2.05, 4.69) is 0 Å². The van der Waals surface area contributed by atoms with Crippen LogP contribution in [0.2, 0.25) is 0 Å². The zero-order valence-corrected chi connectivity index (χ0v) is 19.0. The second-order valence-corrected chi connectivity index (χ2v) is 7.89. The smallest absolute Gasteiger partial charge is 0.293 e. The van der Waals surface area contributed by atoms with Gasteiger partial charge in [-0.05, 0) is 54.9 Å². The van der Waals surface area contributed by atoms with Crippen molar-refractivity contribution in [2.24, 2.45) is 0 Å². The molecule has 0 radical (unpaired) electrons. The molecule has 8 heteroatoms. The molecule has 0 unspecified atom stereocenters. The number of carbonyl (C=O) groups is 2. The first-order valence-corrected chi connectivity index (χ1v) is 10.4. The first-order chi connectivity index (χ1) is 14.9. The first kappa shape index (κ1) is 22.6. The van der Waals surface area contributed by atoms with Crippen LogP contribution < -0.4 is 18.9 Å². The van der Waals surface area contributed by atoms with E-state index in [4.69, 9.17) is 18.9 Å². The predicted octanol–water partition coefficient (Wildman–Crippen LogP) is 4.44. The molecule has 0 N–H and O–H groups in total. The fourth-order valence-corrected chi connectivity index (χ4v) is 3.97. The molecule has 2 aromatic rings. The van der Waals surface area contributed by atoms with E-state index in [1.54, 1.807) is 18.2 Å². The quantitative estimate of drug-likeness (QED) is 0.558. The molecule has 0 aliphatic carbocycles. The summed E-state index contributed by atoms with van der Waals surface area (Å²) in [7, 11) is 4.58. The van der Waals surface area contributed by atoms with Gasteiger partial charge >= 0.3 is 0 Å². The minimum absolute atomic E-state index is 0.165. The monoisotopic (exact) mass is 443 g/mol. The maximum absolute atomic E-state index is 12.8. The number of ether oxygens (including phenoxy) is 4. The Morgan fingerprint density at radius 3 is 2.26 bits per heavy atom. The highest BCUT2D eigenvalue weighted by molar-refractivity contribution is 8.18. The van der Waals surface area contributed by atoms with E-state index in [1.807, 2.05) is 32.0 Å². The van der Waals surface area contributed by atoms with Crippen molar-refractivity contribution in [2.75, 3.05) is 34.5 Å². The molecule has 1 aliphatic heterocycles. The molecule has 0 aromatic heterocycles. The van der Waals surface area contributed by atoms with Gasteiger partial charge in [0.05, 0.1) is 32.8 Å². The Morgan fingerprint density at radius 1 is 0.903 bits per heavy atom. The van der Waals surface area contributed by atoms with Crippen LogP contribution in [0, 0.1) is 13.8 Å². The van der Waals surface area contributed by atoms with Gasteiger partial charge in [-0.1, -0.05) is 12.1 Å². The van der Waals surface area contributed by atoms with Gasteiger partial charge in [-0.3, -0.25) is 14.5 Å². The van der Waals surface area contributed by atoms with E-state index in [9.17, 15) is 9.59 Å². The number of rotatable bonds is 8. The summed E-state index contributed by atoms with van der Waals surface area (Å²) in [4.78, 5) is 26.7. The lowest BCUT2D eigenvalue weighted by atomic mass is 10.1. The van der Waals surface area contributed by atoms with Crippen LogP contribution >= 0.6 is 11.8 Å². The molecule has 0 atom stereocenters. The van der Waals surface area contributed by atoms with Gasteiger partial charge in [0.15, 0.2) is 11.5 Å². The van der Waals surface area contributed by atoms with Gasteiger partial charge in [0.2, 0.25) is 0 Å². The maximum Gasteiger partial charge on any atom is 0.293 e. The summed E-state index contributed by atoms with van der Waals surface area (Å²) >= 11 is 0.886. The number of methoxy groups -OCH3 is 3. The van der Waals surface area contributed by atoms with E-state index < -0.39 is 0 Å². The average molecular weight is 444 g/mol. The van der Waals surface area contributed by atoms with Gasteiger partial charge in [-0.15, -0.1) is 0 Å². The minimum atomic E-state index is -0.364. The standard InChI is InChI=1S/C23H25NO6S/c1-14-6-7-15(2)17(10-14)30-9-8-24-22(25)21(31-23(24)26)12-16-11-19(28-4)20(29-5)13-18(16)27-3/h6-7,10-13H,8-9H2,1-5H3/b21-12-. The number of aryl methyl sites for hydroxylation is 2. The molecule has 1 saturated heterocycles. The Labute approximate surface area is 185 Å².